The molecule has 0 aromatic heterocycles. The van der Waals surface area contributed by atoms with E-state index in [2.05, 4.69) is 75.2 Å². The van der Waals surface area contributed by atoms with Crippen molar-refractivity contribution in [1.29, 1.82) is 0 Å². The second kappa shape index (κ2) is 12.5. The first-order valence-electron chi connectivity index (χ1n) is 6.42. The maximum absolute atomic E-state index is 2.32. The average molecular weight is 359 g/mol. The Hall–Kier alpha value is -0.0300. The number of rotatable bonds is 6. The molecule has 0 saturated carbocycles. The van der Waals surface area contributed by atoms with E-state index in [0.717, 1.165) is 19.6 Å². The van der Waals surface area contributed by atoms with E-state index in [9.17, 15) is 0 Å². The van der Waals surface area contributed by atoms with Crippen LogP contribution in [0.3, 0.4) is 0 Å². The van der Waals surface area contributed by atoms with Gasteiger partial charge in [-0.25, -0.2) is 0 Å². The van der Waals surface area contributed by atoms with E-state index in [0.29, 0.717) is 0 Å². The number of halogens is 3. The fourth-order valence-corrected chi connectivity index (χ4v) is 2.21. The zero-order valence-electron chi connectivity index (χ0n) is 13.9. The van der Waals surface area contributed by atoms with Gasteiger partial charge in [0.2, 0.25) is 0 Å². The highest BCUT2D eigenvalue weighted by Crippen LogP contribution is 2.14. The SMILES string of the molecule is CN(C)Cc1cc(CN(C)C)cc(CN(C)C)c1.Cl.Cl.Cl. The van der Waals surface area contributed by atoms with Crippen molar-refractivity contribution < 1.29 is 0 Å². The minimum absolute atomic E-state index is 0. The van der Waals surface area contributed by atoms with Crippen LogP contribution in [0.25, 0.3) is 0 Å². The highest BCUT2D eigenvalue weighted by Gasteiger charge is 2.04. The van der Waals surface area contributed by atoms with Gasteiger partial charge in [-0.1, -0.05) is 18.2 Å². The number of hydrogen-bond acceptors (Lipinski definition) is 3. The summed E-state index contributed by atoms with van der Waals surface area (Å²) in [7, 11) is 12.7. The molecule has 0 aliphatic heterocycles. The van der Waals surface area contributed by atoms with Gasteiger partial charge in [-0.3, -0.25) is 0 Å². The lowest BCUT2D eigenvalue weighted by molar-refractivity contribution is 0.389. The molecule has 0 atom stereocenters. The van der Waals surface area contributed by atoms with Crippen LogP contribution in [0.1, 0.15) is 16.7 Å². The first-order valence-corrected chi connectivity index (χ1v) is 6.42. The molecule has 0 radical (unpaired) electrons. The minimum Gasteiger partial charge on any atom is -0.305 e. The molecule has 0 saturated heterocycles. The summed E-state index contributed by atoms with van der Waals surface area (Å²) in [4.78, 5) is 6.65. The average Bonchev–Trinajstić information content (AvgIpc) is 2.12. The van der Waals surface area contributed by atoms with Crippen LogP contribution in [0.4, 0.5) is 0 Å². The molecule has 1 rings (SSSR count). The molecule has 0 heterocycles. The van der Waals surface area contributed by atoms with Crippen LogP contribution < -0.4 is 0 Å². The monoisotopic (exact) mass is 357 g/mol. The first-order chi connectivity index (χ1) is 8.36. The fraction of sp³-hybridized carbons (Fsp3) is 0.600. The number of hydrogen-bond donors (Lipinski definition) is 0. The Bertz CT molecular complexity index is 313. The van der Waals surface area contributed by atoms with Gasteiger partial charge in [-0.2, -0.15) is 0 Å². The zero-order valence-corrected chi connectivity index (χ0v) is 16.4. The largest absolute Gasteiger partial charge is 0.305 e. The highest BCUT2D eigenvalue weighted by molar-refractivity contribution is 5.86. The van der Waals surface area contributed by atoms with Crippen molar-refractivity contribution >= 4 is 37.2 Å². The van der Waals surface area contributed by atoms with E-state index in [-0.39, 0.29) is 37.2 Å². The number of nitrogens with zero attached hydrogens (tertiary/aromatic N) is 3. The standard InChI is InChI=1S/C15H27N3.3ClH/c1-16(2)10-13-7-14(11-17(3)4)9-15(8-13)12-18(5)6;;;/h7-9H,10-12H2,1-6H3;3*1H. The summed E-state index contributed by atoms with van der Waals surface area (Å²) in [6.07, 6.45) is 0. The Labute approximate surface area is 148 Å². The Balaban J connectivity index is -0.00000108. The van der Waals surface area contributed by atoms with Crippen molar-refractivity contribution in [2.24, 2.45) is 0 Å². The molecule has 126 valence electrons. The van der Waals surface area contributed by atoms with Crippen LogP contribution in [0.15, 0.2) is 18.2 Å². The first kappa shape index (κ1) is 25.9. The van der Waals surface area contributed by atoms with E-state index in [1.54, 1.807) is 0 Å². The molecule has 0 fully saturated rings. The minimum atomic E-state index is 0. The lowest BCUT2D eigenvalue weighted by Gasteiger charge is -2.17. The van der Waals surface area contributed by atoms with Gasteiger partial charge in [0.15, 0.2) is 0 Å². The van der Waals surface area contributed by atoms with Gasteiger partial charge in [-0.05, 0) is 59.0 Å². The molecule has 1 aromatic carbocycles. The summed E-state index contributed by atoms with van der Waals surface area (Å²) in [5.41, 5.74) is 4.20. The highest BCUT2D eigenvalue weighted by atomic mass is 35.5. The molecule has 0 N–H and O–H groups in total. The van der Waals surface area contributed by atoms with Crippen molar-refractivity contribution in [1.82, 2.24) is 14.7 Å². The summed E-state index contributed by atoms with van der Waals surface area (Å²) < 4.78 is 0. The molecular formula is C15H30Cl3N3. The summed E-state index contributed by atoms with van der Waals surface area (Å²) in [6.45, 7) is 3.01. The lowest BCUT2D eigenvalue weighted by atomic mass is 10.0. The molecule has 0 spiro atoms. The molecular weight excluding hydrogens is 329 g/mol. The van der Waals surface area contributed by atoms with E-state index in [1.165, 1.54) is 16.7 Å². The Morgan fingerprint density at radius 1 is 0.524 bits per heavy atom. The van der Waals surface area contributed by atoms with Crippen molar-refractivity contribution in [3.8, 4) is 0 Å². The molecule has 0 aliphatic rings. The smallest absolute Gasteiger partial charge is 0.0227 e. The van der Waals surface area contributed by atoms with Gasteiger partial charge in [0, 0.05) is 19.6 Å². The predicted octanol–water partition coefficient (Wildman–Crippen LogP) is 3.14. The van der Waals surface area contributed by atoms with Gasteiger partial charge in [0.25, 0.3) is 0 Å². The van der Waals surface area contributed by atoms with Gasteiger partial charge in [-0.15, -0.1) is 37.2 Å². The van der Waals surface area contributed by atoms with E-state index in [4.69, 9.17) is 0 Å². The Morgan fingerprint density at radius 2 is 0.714 bits per heavy atom. The van der Waals surface area contributed by atoms with Gasteiger partial charge in [0.1, 0.15) is 0 Å². The molecule has 0 bridgehead atoms. The molecule has 6 heteroatoms. The van der Waals surface area contributed by atoms with Crippen molar-refractivity contribution in [3.63, 3.8) is 0 Å². The van der Waals surface area contributed by atoms with Crippen molar-refractivity contribution in [3.05, 3.63) is 34.9 Å². The van der Waals surface area contributed by atoms with Gasteiger partial charge in [0.05, 0.1) is 0 Å². The lowest BCUT2D eigenvalue weighted by Crippen LogP contribution is -2.16. The summed E-state index contributed by atoms with van der Waals surface area (Å²) in [6, 6.07) is 6.96. The van der Waals surface area contributed by atoms with E-state index in [1.807, 2.05) is 0 Å². The fourth-order valence-electron chi connectivity index (χ4n) is 2.21. The molecule has 21 heavy (non-hydrogen) atoms. The van der Waals surface area contributed by atoms with Crippen LogP contribution in [-0.4, -0.2) is 57.0 Å². The van der Waals surface area contributed by atoms with Crippen molar-refractivity contribution in [2.45, 2.75) is 19.6 Å². The maximum Gasteiger partial charge on any atom is 0.0227 e. The molecule has 0 amide bonds. The van der Waals surface area contributed by atoms with Crippen LogP contribution >= 0.6 is 37.2 Å². The van der Waals surface area contributed by atoms with Crippen LogP contribution in [0.5, 0.6) is 0 Å². The van der Waals surface area contributed by atoms with Crippen LogP contribution in [0.2, 0.25) is 0 Å². The summed E-state index contributed by atoms with van der Waals surface area (Å²) in [5.74, 6) is 0. The second-order valence-electron chi connectivity index (χ2n) is 5.87. The Kier molecular flexibility index (Phi) is 15.4. The second-order valence-corrected chi connectivity index (χ2v) is 5.87. The molecule has 0 aliphatic carbocycles. The summed E-state index contributed by atoms with van der Waals surface area (Å²) >= 11 is 0. The quantitative estimate of drug-likeness (QED) is 0.773. The summed E-state index contributed by atoms with van der Waals surface area (Å²) in [5, 5.41) is 0. The van der Waals surface area contributed by atoms with Crippen LogP contribution in [-0.2, 0) is 19.6 Å². The third-order valence-corrected chi connectivity index (χ3v) is 2.61. The van der Waals surface area contributed by atoms with E-state index < -0.39 is 0 Å². The van der Waals surface area contributed by atoms with Gasteiger partial charge >= 0.3 is 0 Å². The maximum atomic E-state index is 2.32. The predicted molar refractivity (Wildman–Crippen MR) is 100 cm³/mol. The topological polar surface area (TPSA) is 9.72 Å². The molecule has 0 unspecified atom stereocenters. The van der Waals surface area contributed by atoms with Crippen LogP contribution in [0, 0.1) is 0 Å². The van der Waals surface area contributed by atoms with E-state index >= 15 is 0 Å². The Morgan fingerprint density at radius 3 is 0.857 bits per heavy atom. The van der Waals surface area contributed by atoms with Gasteiger partial charge < -0.3 is 14.7 Å². The molecule has 1 aromatic rings. The third-order valence-electron chi connectivity index (χ3n) is 2.61. The molecule has 3 nitrogen and oxygen atoms in total. The normalized spacial score (nSPS) is 10.1. The van der Waals surface area contributed by atoms with Crippen molar-refractivity contribution in [2.75, 3.05) is 42.3 Å². The third kappa shape index (κ3) is 11.2. The number of benzene rings is 1. The zero-order chi connectivity index (χ0) is 13.7.